The highest BCUT2D eigenvalue weighted by Crippen LogP contribution is 2.17. The molecule has 3 nitrogen and oxygen atoms in total. The lowest BCUT2D eigenvalue weighted by Gasteiger charge is -2.33. The van der Waals surface area contributed by atoms with Gasteiger partial charge in [-0.1, -0.05) is 18.2 Å². The van der Waals surface area contributed by atoms with E-state index in [1.165, 1.54) is 6.42 Å². The Balaban J connectivity index is 1.97. The second kappa shape index (κ2) is 5.01. The van der Waals surface area contributed by atoms with Gasteiger partial charge >= 0.3 is 6.03 Å². The minimum Gasteiger partial charge on any atom is -0.322 e. The van der Waals surface area contributed by atoms with Crippen LogP contribution in [0.25, 0.3) is 0 Å². The minimum absolute atomic E-state index is 0.0263. The molecule has 1 aromatic rings. The summed E-state index contributed by atoms with van der Waals surface area (Å²) in [5.41, 5.74) is 0.866. The van der Waals surface area contributed by atoms with Gasteiger partial charge in [0.25, 0.3) is 0 Å². The van der Waals surface area contributed by atoms with Crippen molar-refractivity contribution in [3.8, 4) is 0 Å². The summed E-state index contributed by atoms with van der Waals surface area (Å²) in [6.07, 6.45) is 3.46. The molecule has 1 aliphatic heterocycles. The second-order valence-electron chi connectivity index (χ2n) is 4.33. The number of nitrogens with one attached hydrogen (secondary N) is 1. The zero-order chi connectivity index (χ0) is 11.4. The second-order valence-corrected chi connectivity index (χ2v) is 4.33. The molecule has 1 atom stereocenters. The summed E-state index contributed by atoms with van der Waals surface area (Å²) in [5.74, 6) is 0. The molecule has 0 bridgehead atoms. The molecule has 0 aromatic heterocycles. The lowest BCUT2D eigenvalue weighted by Crippen LogP contribution is -2.44. The van der Waals surface area contributed by atoms with E-state index in [1.54, 1.807) is 0 Å². The fraction of sp³-hybridized carbons (Fsp3) is 0.462. The molecule has 1 aromatic carbocycles. The third-order valence-electron chi connectivity index (χ3n) is 3.09. The molecule has 16 heavy (non-hydrogen) atoms. The summed E-state index contributed by atoms with van der Waals surface area (Å²) in [7, 11) is 0. The van der Waals surface area contributed by atoms with Crippen LogP contribution < -0.4 is 5.32 Å². The molecule has 0 radical (unpaired) electrons. The van der Waals surface area contributed by atoms with Crippen molar-refractivity contribution < 1.29 is 4.79 Å². The highest BCUT2D eigenvalue weighted by molar-refractivity contribution is 5.89. The van der Waals surface area contributed by atoms with Crippen molar-refractivity contribution in [2.45, 2.75) is 32.2 Å². The summed E-state index contributed by atoms with van der Waals surface area (Å²) in [6.45, 7) is 2.99. The van der Waals surface area contributed by atoms with Gasteiger partial charge in [0.1, 0.15) is 0 Å². The van der Waals surface area contributed by atoms with Crippen molar-refractivity contribution in [2.24, 2.45) is 0 Å². The van der Waals surface area contributed by atoms with Crippen LogP contribution in [0.5, 0.6) is 0 Å². The van der Waals surface area contributed by atoms with Gasteiger partial charge in [-0.2, -0.15) is 0 Å². The molecule has 2 amide bonds. The summed E-state index contributed by atoms with van der Waals surface area (Å²) in [4.78, 5) is 13.9. The number of anilines is 1. The van der Waals surface area contributed by atoms with Gasteiger partial charge in [-0.3, -0.25) is 0 Å². The van der Waals surface area contributed by atoms with Gasteiger partial charge < -0.3 is 10.2 Å². The number of hydrogen-bond acceptors (Lipinski definition) is 1. The number of amides is 2. The van der Waals surface area contributed by atoms with Crippen molar-refractivity contribution in [3.05, 3.63) is 30.3 Å². The molecule has 1 saturated heterocycles. The fourth-order valence-electron chi connectivity index (χ4n) is 2.12. The number of carbonyl (C=O) groups excluding carboxylic acids is 1. The topological polar surface area (TPSA) is 32.3 Å². The molecule has 0 unspecified atom stereocenters. The number of urea groups is 1. The molecule has 0 spiro atoms. The highest BCUT2D eigenvalue weighted by atomic mass is 16.2. The van der Waals surface area contributed by atoms with Crippen LogP contribution in [0.4, 0.5) is 10.5 Å². The average Bonchev–Trinajstić information content (AvgIpc) is 2.31. The van der Waals surface area contributed by atoms with E-state index in [1.807, 2.05) is 35.2 Å². The largest absolute Gasteiger partial charge is 0.322 e. The summed E-state index contributed by atoms with van der Waals surface area (Å²) in [5, 5.41) is 2.93. The van der Waals surface area contributed by atoms with Gasteiger partial charge in [-0.15, -0.1) is 0 Å². The van der Waals surface area contributed by atoms with E-state index in [0.29, 0.717) is 6.04 Å². The van der Waals surface area contributed by atoms with Gasteiger partial charge in [0, 0.05) is 18.3 Å². The lowest BCUT2D eigenvalue weighted by molar-refractivity contribution is 0.170. The van der Waals surface area contributed by atoms with E-state index >= 15 is 0 Å². The number of hydrogen-bond donors (Lipinski definition) is 1. The molecule has 0 aliphatic carbocycles. The van der Waals surface area contributed by atoms with Gasteiger partial charge in [-0.25, -0.2) is 4.79 Å². The fourth-order valence-corrected chi connectivity index (χ4v) is 2.12. The summed E-state index contributed by atoms with van der Waals surface area (Å²) in [6, 6.07) is 10.00. The number of rotatable bonds is 1. The van der Waals surface area contributed by atoms with Gasteiger partial charge in [0.15, 0.2) is 0 Å². The van der Waals surface area contributed by atoms with E-state index < -0.39 is 0 Å². The predicted molar refractivity (Wildman–Crippen MR) is 65.5 cm³/mol. The maximum absolute atomic E-state index is 12.0. The first-order valence-corrected chi connectivity index (χ1v) is 5.90. The summed E-state index contributed by atoms with van der Waals surface area (Å²) >= 11 is 0. The van der Waals surface area contributed by atoms with E-state index in [-0.39, 0.29) is 6.03 Å². The first kappa shape index (κ1) is 11.0. The van der Waals surface area contributed by atoms with E-state index in [4.69, 9.17) is 0 Å². The van der Waals surface area contributed by atoms with Crippen LogP contribution in [-0.2, 0) is 0 Å². The van der Waals surface area contributed by atoms with Crippen molar-refractivity contribution in [1.82, 2.24) is 4.90 Å². The number of likely N-dealkylation sites (tertiary alicyclic amines) is 1. The highest BCUT2D eigenvalue weighted by Gasteiger charge is 2.22. The molecule has 2 rings (SSSR count). The Morgan fingerprint density at radius 3 is 2.75 bits per heavy atom. The van der Waals surface area contributed by atoms with Gasteiger partial charge in [-0.05, 0) is 38.3 Å². The molecule has 1 aliphatic rings. The zero-order valence-corrected chi connectivity index (χ0v) is 9.65. The molecule has 86 valence electrons. The first-order valence-electron chi connectivity index (χ1n) is 5.90. The van der Waals surface area contributed by atoms with E-state index in [0.717, 1.165) is 25.1 Å². The summed E-state index contributed by atoms with van der Waals surface area (Å²) < 4.78 is 0. The van der Waals surface area contributed by atoms with Crippen LogP contribution >= 0.6 is 0 Å². The molecular formula is C13H18N2O. The van der Waals surface area contributed by atoms with Crippen LogP contribution in [-0.4, -0.2) is 23.5 Å². The normalized spacial score (nSPS) is 20.6. The predicted octanol–water partition coefficient (Wildman–Crippen LogP) is 3.09. The quantitative estimate of drug-likeness (QED) is 0.771. The average molecular weight is 218 g/mol. The number of nitrogens with zero attached hydrogens (tertiary/aromatic N) is 1. The number of carbonyl (C=O) groups is 1. The standard InChI is InChI=1S/C13H18N2O/c1-11-7-5-6-10-15(11)13(16)14-12-8-3-2-4-9-12/h2-4,8-9,11H,5-7,10H2,1H3,(H,14,16)/t11-/m0/s1. The molecule has 0 saturated carbocycles. The van der Waals surface area contributed by atoms with E-state index in [9.17, 15) is 4.79 Å². The number of para-hydroxylation sites is 1. The Morgan fingerprint density at radius 1 is 1.31 bits per heavy atom. The molecule has 1 fully saturated rings. The maximum atomic E-state index is 12.0. The minimum atomic E-state index is 0.0263. The smallest absolute Gasteiger partial charge is 0.322 e. The Morgan fingerprint density at radius 2 is 2.06 bits per heavy atom. The third kappa shape index (κ3) is 2.54. The number of benzene rings is 1. The molecule has 1 N–H and O–H groups in total. The van der Waals surface area contributed by atoms with Gasteiger partial charge in [0.05, 0.1) is 0 Å². The van der Waals surface area contributed by atoms with Crippen molar-refractivity contribution >= 4 is 11.7 Å². The molecule has 3 heteroatoms. The molecule has 1 heterocycles. The third-order valence-corrected chi connectivity index (χ3v) is 3.09. The van der Waals surface area contributed by atoms with Crippen molar-refractivity contribution in [1.29, 1.82) is 0 Å². The van der Waals surface area contributed by atoms with Crippen LogP contribution in [0, 0.1) is 0 Å². The Kier molecular flexibility index (Phi) is 3.44. The Labute approximate surface area is 96.5 Å². The first-order chi connectivity index (χ1) is 7.77. The maximum Gasteiger partial charge on any atom is 0.322 e. The van der Waals surface area contributed by atoms with Crippen LogP contribution in [0.15, 0.2) is 30.3 Å². The van der Waals surface area contributed by atoms with Crippen molar-refractivity contribution in [2.75, 3.05) is 11.9 Å². The Hall–Kier alpha value is -1.51. The van der Waals surface area contributed by atoms with Crippen LogP contribution in [0.1, 0.15) is 26.2 Å². The lowest BCUT2D eigenvalue weighted by atomic mass is 10.0. The monoisotopic (exact) mass is 218 g/mol. The SMILES string of the molecule is C[C@H]1CCCCN1C(=O)Nc1ccccc1. The Bertz CT molecular complexity index is 350. The van der Waals surface area contributed by atoms with E-state index in [2.05, 4.69) is 12.2 Å². The van der Waals surface area contributed by atoms with Crippen LogP contribution in [0.3, 0.4) is 0 Å². The van der Waals surface area contributed by atoms with Crippen LogP contribution in [0.2, 0.25) is 0 Å². The van der Waals surface area contributed by atoms with Crippen molar-refractivity contribution in [3.63, 3.8) is 0 Å². The number of piperidine rings is 1. The van der Waals surface area contributed by atoms with Gasteiger partial charge in [0.2, 0.25) is 0 Å². The zero-order valence-electron chi connectivity index (χ0n) is 9.65. The molecular weight excluding hydrogens is 200 g/mol.